The van der Waals surface area contributed by atoms with E-state index >= 15 is 0 Å². The number of carbonyl (C=O) groups excluding carboxylic acids is 1. The van der Waals surface area contributed by atoms with Crippen LogP contribution in [0, 0.1) is 0 Å². The van der Waals surface area contributed by atoms with Gasteiger partial charge in [0.25, 0.3) is 8.32 Å². The van der Waals surface area contributed by atoms with Crippen molar-refractivity contribution in [2.24, 2.45) is 0 Å². The molecule has 3 rings (SSSR count). The van der Waals surface area contributed by atoms with Gasteiger partial charge in [-0.05, 0) is 15.4 Å². The van der Waals surface area contributed by atoms with Gasteiger partial charge in [0, 0.05) is 0 Å². The Bertz CT molecular complexity index is 814. The molecule has 26 heavy (non-hydrogen) atoms. The second kappa shape index (κ2) is 7.39. The smallest absolute Gasteiger partial charge is 0.261 e. The Morgan fingerprint density at radius 2 is 1.54 bits per heavy atom. The number of hydrogen-bond acceptors (Lipinski definition) is 4. The topological polar surface area (TPSA) is 52.3 Å². The zero-order valence-corrected chi connectivity index (χ0v) is 16.3. The first-order valence-electron chi connectivity index (χ1n) is 8.62. The largest absolute Gasteiger partial charge is 0.446 e. The van der Waals surface area contributed by atoms with Gasteiger partial charge in [0.2, 0.25) is 5.89 Å². The molecule has 4 nitrogen and oxygen atoms in total. The van der Waals surface area contributed by atoms with Gasteiger partial charge in [-0.15, -0.1) is 0 Å². The number of nitrogens with zero attached hydrogens (tertiary/aromatic N) is 1. The van der Waals surface area contributed by atoms with E-state index in [0.717, 1.165) is 0 Å². The first kappa shape index (κ1) is 18.3. The third-order valence-corrected chi connectivity index (χ3v) is 9.50. The molecule has 0 saturated carbocycles. The lowest BCUT2D eigenvalue weighted by Gasteiger charge is -2.42. The Morgan fingerprint density at radius 1 is 1.00 bits per heavy atom. The molecule has 0 N–H and O–H groups in total. The average molecular weight is 366 g/mol. The van der Waals surface area contributed by atoms with Crippen molar-refractivity contribution in [3.05, 3.63) is 78.5 Å². The second-order valence-corrected chi connectivity index (χ2v) is 11.5. The highest BCUT2D eigenvalue weighted by Gasteiger charge is 2.50. The molecule has 0 aliphatic carbocycles. The summed E-state index contributed by atoms with van der Waals surface area (Å²) in [4.78, 5) is 15.0. The third kappa shape index (κ3) is 3.41. The number of rotatable bonds is 6. The highest BCUT2D eigenvalue weighted by molar-refractivity contribution is 6.99. The average Bonchev–Trinajstić information content (AvgIpc) is 3.11. The minimum absolute atomic E-state index is 0.115. The van der Waals surface area contributed by atoms with Crippen LogP contribution in [0.3, 0.4) is 0 Å². The van der Waals surface area contributed by atoms with Crippen LogP contribution in [0.5, 0.6) is 0 Å². The molecule has 0 atom stereocenters. The summed E-state index contributed by atoms with van der Waals surface area (Å²) < 4.78 is 12.1. The van der Waals surface area contributed by atoms with E-state index in [-0.39, 0.29) is 17.3 Å². The fraction of sp³-hybridized carbons (Fsp3) is 0.238. The predicted octanol–water partition coefficient (Wildman–Crippen LogP) is 3.56. The Hall–Kier alpha value is -2.50. The highest BCUT2D eigenvalue weighted by Crippen LogP contribution is 2.37. The van der Waals surface area contributed by atoms with E-state index in [2.05, 4.69) is 50.0 Å². The van der Waals surface area contributed by atoms with E-state index in [1.807, 2.05) is 36.4 Å². The van der Waals surface area contributed by atoms with Crippen molar-refractivity contribution >= 4 is 25.0 Å². The summed E-state index contributed by atoms with van der Waals surface area (Å²) in [6, 6.07) is 20.8. The van der Waals surface area contributed by atoms with Crippen molar-refractivity contribution < 1.29 is 13.6 Å². The maximum atomic E-state index is 10.9. The van der Waals surface area contributed by atoms with Crippen molar-refractivity contribution in [1.82, 2.24) is 4.98 Å². The normalized spacial score (nSPS) is 12.1. The van der Waals surface area contributed by atoms with Crippen LogP contribution in [0.25, 0.3) is 0 Å². The van der Waals surface area contributed by atoms with Gasteiger partial charge in [-0.2, -0.15) is 0 Å². The lowest BCUT2D eigenvalue weighted by Crippen LogP contribution is -2.66. The number of benzene rings is 2. The first-order valence-corrected chi connectivity index (χ1v) is 10.5. The van der Waals surface area contributed by atoms with Crippen molar-refractivity contribution in [3.63, 3.8) is 0 Å². The van der Waals surface area contributed by atoms with Crippen molar-refractivity contribution in [2.75, 3.05) is 0 Å². The molecule has 0 amide bonds. The standard InChI is InChI=1S/C21H23NO3Si/c1-21(2,3)26(18-10-6-4-7-11-18,19-12-8-5-9-13-19)25-16-20-22-17(14-23)15-24-20/h4-15H,16H2,1-3H3. The van der Waals surface area contributed by atoms with Crippen LogP contribution >= 0.6 is 0 Å². The summed E-state index contributed by atoms with van der Waals surface area (Å²) in [6.45, 7) is 6.87. The fourth-order valence-corrected chi connectivity index (χ4v) is 7.87. The van der Waals surface area contributed by atoms with Gasteiger partial charge in [0.1, 0.15) is 18.6 Å². The summed E-state index contributed by atoms with van der Waals surface area (Å²) in [5.41, 5.74) is 0.283. The van der Waals surface area contributed by atoms with Crippen LogP contribution in [0.1, 0.15) is 37.2 Å². The maximum absolute atomic E-state index is 10.9. The zero-order chi connectivity index (χ0) is 18.6. The van der Waals surface area contributed by atoms with Crippen LogP contribution in [-0.2, 0) is 11.0 Å². The lowest BCUT2D eigenvalue weighted by molar-refractivity contribution is 0.111. The van der Waals surface area contributed by atoms with Gasteiger partial charge in [0.15, 0.2) is 6.29 Å². The molecule has 0 spiro atoms. The third-order valence-electron chi connectivity index (χ3n) is 4.52. The minimum atomic E-state index is -2.62. The highest BCUT2D eigenvalue weighted by atomic mass is 28.4. The number of hydrogen-bond donors (Lipinski definition) is 0. The van der Waals surface area contributed by atoms with E-state index in [9.17, 15) is 4.79 Å². The quantitative estimate of drug-likeness (QED) is 0.495. The van der Waals surface area contributed by atoms with Gasteiger partial charge >= 0.3 is 0 Å². The monoisotopic (exact) mass is 365 g/mol. The van der Waals surface area contributed by atoms with Crippen molar-refractivity contribution in [3.8, 4) is 0 Å². The SMILES string of the molecule is CC(C)(C)[Si](OCc1nc(C=O)co1)(c1ccccc1)c1ccccc1. The second-order valence-electron chi connectivity index (χ2n) is 7.24. The number of oxazole rings is 1. The van der Waals surface area contributed by atoms with Crippen molar-refractivity contribution in [1.29, 1.82) is 0 Å². The van der Waals surface area contributed by atoms with Crippen LogP contribution < -0.4 is 10.4 Å². The molecular weight excluding hydrogens is 342 g/mol. The molecule has 3 aromatic rings. The molecule has 0 aliphatic rings. The van der Waals surface area contributed by atoms with Gasteiger partial charge in [-0.1, -0.05) is 81.4 Å². The summed E-state index contributed by atoms with van der Waals surface area (Å²) in [5, 5.41) is 2.28. The number of aromatic nitrogens is 1. The first-order chi connectivity index (χ1) is 12.5. The molecule has 0 unspecified atom stereocenters. The number of carbonyl (C=O) groups is 1. The Balaban J connectivity index is 2.09. The number of aldehydes is 1. The van der Waals surface area contributed by atoms with E-state index in [0.29, 0.717) is 12.2 Å². The molecule has 0 fully saturated rings. The molecule has 0 bridgehead atoms. The molecular formula is C21H23NO3Si. The van der Waals surface area contributed by atoms with Crippen molar-refractivity contribution in [2.45, 2.75) is 32.4 Å². The van der Waals surface area contributed by atoms with Gasteiger partial charge in [-0.3, -0.25) is 4.79 Å². The summed E-state index contributed by atoms with van der Waals surface area (Å²) in [5.74, 6) is 0.417. The summed E-state index contributed by atoms with van der Waals surface area (Å²) in [6.07, 6.45) is 2.03. The Labute approximate surface area is 155 Å². The predicted molar refractivity (Wildman–Crippen MR) is 104 cm³/mol. The minimum Gasteiger partial charge on any atom is -0.446 e. The fourth-order valence-electron chi connectivity index (χ4n) is 3.38. The molecule has 0 saturated heterocycles. The Morgan fingerprint density at radius 3 is 1.96 bits per heavy atom. The molecule has 134 valence electrons. The van der Waals surface area contributed by atoms with Gasteiger partial charge in [0.05, 0.1) is 0 Å². The van der Waals surface area contributed by atoms with Gasteiger partial charge in [-0.25, -0.2) is 4.98 Å². The van der Waals surface area contributed by atoms with Gasteiger partial charge < -0.3 is 8.84 Å². The van der Waals surface area contributed by atoms with E-state index in [1.165, 1.54) is 16.6 Å². The molecule has 0 aliphatic heterocycles. The van der Waals surface area contributed by atoms with Crippen LogP contribution in [0.4, 0.5) is 0 Å². The summed E-state index contributed by atoms with van der Waals surface area (Å²) in [7, 11) is -2.62. The van der Waals surface area contributed by atoms with Crippen LogP contribution in [-0.4, -0.2) is 19.6 Å². The molecule has 2 aromatic carbocycles. The zero-order valence-electron chi connectivity index (χ0n) is 15.3. The van der Waals surface area contributed by atoms with Crippen LogP contribution in [0.2, 0.25) is 5.04 Å². The van der Waals surface area contributed by atoms with Crippen LogP contribution in [0.15, 0.2) is 71.3 Å². The van der Waals surface area contributed by atoms with E-state index < -0.39 is 8.32 Å². The molecule has 0 radical (unpaired) electrons. The molecule has 1 aromatic heterocycles. The maximum Gasteiger partial charge on any atom is 0.261 e. The van der Waals surface area contributed by atoms with E-state index in [4.69, 9.17) is 8.84 Å². The lowest BCUT2D eigenvalue weighted by atomic mass is 10.2. The molecule has 5 heteroatoms. The Kier molecular flexibility index (Phi) is 5.20. The summed E-state index contributed by atoms with van der Waals surface area (Å²) >= 11 is 0. The van der Waals surface area contributed by atoms with E-state index in [1.54, 1.807) is 0 Å². The molecule has 1 heterocycles.